The van der Waals surface area contributed by atoms with E-state index in [4.69, 9.17) is 4.74 Å². The number of esters is 1. The molecule has 7 heteroatoms. The molecule has 1 spiro atoms. The largest absolute Gasteiger partial charge is 0.465 e. The summed E-state index contributed by atoms with van der Waals surface area (Å²) in [5.41, 5.74) is 0. The molecule has 22 heavy (non-hydrogen) atoms. The van der Waals surface area contributed by atoms with Gasteiger partial charge in [-0.15, -0.1) is 23.1 Å². The number of rotatable bonds is 3. The standard InChI is InChI=1S/C15H20N2O3S2/c1-16-13(18)10-21-15(16)5-7-17(8-6-15)9-11-3-4-12(22-11)14(19)20-2/h3-4H,5-10H2,1-2H3. The van der Waals surface area contributed by atoms with Crippen molar-refractivity contribution in [3.05, 3.63) is 21.9 Å². The quantitative estimate of drug-likeness (QED) is 0.788. The number of hydrogen-bond donors (Lipinski definition) is 0. The predicted molar refractivity (Wildman–Crippen MR) is 88.1 cm³/mol. The average molecular weight is 340 g/mol. The Labute approximate surface area is 138 Å². The summed E-state index contributed by atoms with van der Waals surface area (Å²) in [6, 6.07) is 3.83. The fraction of sp³-hybridized carbons (Fsp3) is 0.600. The lowest BCUT2D eigenvalue weighted by atomic mass is 10.0. The van der Waals surface area contributed by atoms with Crippen LogP contribution in [-0.2, 0) is 16.1 Å². The van der Waals surface area contributed by atoms with Crippen LogP contribution in [0.3, 0.4) is 0 Å². The molecule has 0 radical (unpaired) electrons. The SMILES string of the molecule is COC(=O)c1ccc(CN2CCC3(CC2)SCC(=O)N3C)s1. The molecule has 2 saturated heterocycles. The minimum absolute atomic E-state index is 0.0141. The van der Waals surface area contributed by atoms with Crippen LogP contribution in [0.5, 0.6) is 0 Å². The molecule has 0 aromatic carbocycles. The second kappa shape index (κ2) is 6.22. The maximum Gasteiger partial charge on any atom is 0.348 e. The summed E-state index contributed by atoms with van der Waals surface area (Å²) in [5, 5.41) is 0. The molecule has 1 aromatic rings. The summed E-state index contributed by atoms with van der Waals surface area (Å²) in [6.45, 7) is 2.83. The number of carbonyl (C=O) groups excluding carboxylic acids is 2. The van der Waals surface area contributed by atoms with Crippen molar-refractivity contribution >= 4 is 35.0 Å². The Bertz CT molecular complexity index is 579. The van der Waals surface area contributed by atoms with Crippen molar-refractivity contribution in [2.45, 2.75) is 24.3 Å². The van der Waals surface area contributed by atoms with Gasteiger partial charge < -0.3 is 9.64 Å². The molecule has 0 saturated carbocycles. The first-order valence-electron chi connectivity index (χ1n) is 7.34. The molecule has 2 aliphatic rings. The third-order valence-electron chi connectivity index (χ3n) is 4.51. The van der Waals surface area contributed by atoms with Gasteiger partial charge >= 0.3 is 5.97 Å². The van der Waals surface area contributed by atoms with E-state index >= 15 is 0 Å². The topological polar surface area (TPSA) is 49.9 Å². The van der Waals surface area contributed by atoms with Crippen molar-refractivity contribution in [3.63, 3.8) is 0 Å². The van der Waals surface area contributed by atoms with Gasteiger partial charge in [0, 0.05) is 31.6 Å². The molecule has 120 valence electrons. The monoisotopic (exact) mass is 340 g/mol. The van der Waals surface area contributed by atoms with E-state index in [-0.39, 0.29) is 16.7 Å². The normalized spacial score (nSPS) is 21.5. The van der Waals surface area contributed by atoms with Crippen molar-refractivity contribution < 1.29 is 14.3 Å². The Hall–Kier alpha value is -1.05. The smallest absolute Gasteiger partial charge is 0.348 e. The number of thiophene rings is 1. The van der Waals surface area contributed by atoms with Gasteiger partial charge in [0.25, 0.3) is 0 Å². The van der Waals surface area contributed by atoms with Gasteiger partial charge in [-0.05, 0) is 25.0 Å². The number of amides is 1. The summed E-state index contributed by atoms with van der Waals surface area (Å²) >= 11 is 3.29. The van der Waals surface area contributed by atoms with Crippen molar-refractivity contribution in [2.24, 2.45) is 0 Å². The van der Waals surface area contributed by atoms with Crippen LogP contribution in [-0.4, -0.2) is 59.5 Å². The van der Waals surface area contributed by atoms with Gasteiger partial charge in [0.05, 0.1) is 17.7 Å². The highest BCUT2D eigenvalue weighted by atomic mass is 32.2. The molecule has 0 bridgehead atoms. The molecule has 2 fully saturated rings. The molecule has 2 aliphatic heterocycles. The minimum atomic E-state index is -0.267. The lowest BCUT2D eigenvalue weighted by Crippen LogP contribution is -2.49. The number of thioether (sulfide) groups is 1. The average Bonchev–Trinajstić information content (AvgIpc) is 3.10. The number of ether oxygens (including phenoxy) is 1. The van der Waals surface area contributed by atoms with Crippen LogP contribution in [0.1, 0.15) is 27.4 Å². The zero-order valence-corrected chi connectivity index (χ0v) is 14.5. The fourth-order valence-corrected chi connectivity index (χ4v) is 5.37. The van der Waals surface area contributed by atoms with Gasteiger partial charge in [-0.25, -0.2) is 4.79 Å². The third kappa shape index (κ3) is 2.89. The van der Waals surface area contributed by atoms with E-state index in [1.807, 2.05) is 24.1 Å². The first-order valence-corrected chi connectivity index (χ1v) is 9.14. The highest BCUT2D eigenvalue weighted by molar-refractivity contribution is 8.01. The van der Waals surface area contributed by atoms with Crippen molar-refractivity contribution in [2.75, 3.05) is 33.0 Å². The second-order valence-electron chi connectivity index (χ2n) is 5.72. The van der Waals surface area contributed by atoms with E-state index in [2.05, 4.69) is 4.90 Å². The predicted octanol–water partition coefficient (Wildman–Crippen LogP) is 2.03. The molecular formula is C15H20N2O3S2. The summed E-state index contributed by atoms with van der Waals surface area (Å²) < 4.78 is 4.74. The van der Waals surface area contributed by atoms with Crippen LogP contribution in [0.4, 0.5) is 0 Å². The number of piperidine rings is 1. The van der Waals surface area contributed by atoms with Gasteiger partial charge in [-0.2, -0.15) is 0 Å². The zero-order valence-electron chi connectivity index (χ0n) is 12.8. The molecule has 0 N–H and O–H groups in total. The number of nitrogens with zero attached hydrogens (tertiary/aromatic N) is 2. The van der Waals surface area contributed by atoms with E-state index in [0.717, 1.165) is 32.5 Å². The van der Waals surface area contributed by atoms with E-state index in [1.165, 1.54) is 23.3 Å². The highest BCUT2D eigenvalue weighted by Crippen LogP contribution is 2.43. The van der Waals surface area contributed by atoms with Gasteiger partial charge in [-0.3, -0.25) is 9.69 Å². The van der Waals surface area contributed by atoms with Gasteiger partial charge in [0.15, 0.2) is 0 Å². The molecule has 0 unspecified atom stereocenters. The Balaban J connectivity index is 1.57. The van der Waals surface area contributed by atoms with Gasteiger partial charge in [0.1, 0.15) is 4.88 Å². The highest BCUT2D eigenvalue weighted by Gasteiger charge is 2.45. The van der Waals surface area contributed by atoms with Crippen LogP contribution >= 0.6 is 23.1 Å². The fourth-order valence-electron chi connectivity index (χ4n) is 3.05. The molecular weight excluding hydrogens is 320 g/mol. The summed E-state index contributed by atoms with van der Waals surface area (Å²) in [7, 11) is 3.34. The van der Waals surface area contributed by atoms with Gasteiger partial charge in [0.2, 0.25) is 5.91 Å². The minimum Gasteiger partial charge on any atom is -0.465 e. The first-order chi connectivity index (χ1) is 10.5. The Morgan fingerprint density at radius 2 is 2.09 bits per heavy atom. The Morgan fingerprint density at radius 1 is 1.36 bits per heavy atom. The molecule has 1 amide bonds. The van der Waals surface area contributed by atoms with Crippen LogP contribution in [0, 0.1) is 0 Å². The molecule has 3 rings (SSSR count). The molecule has 0 aliphatic carbocycles. The van der Waals surface area contributed by atoms with E-state index in [1.54, 1.807) is 11.8 Å². The Kier molecular flexibility index (Phi) is 4.47. The lowest BCUT2D eigenvalue weighted by Gasteiger charge is -2.42. The number of carbonyl (C=O) groups is 2. The third-order valence-corrected chi connectivity index (χ3v) is 7.18. The second-order valence-corrected chi connectivity index (χ2v) is 8.23. The maximum atomic E-state index is 11.8. The summed E-state index contributed by atoms with van der Waals surface area (Å²) in [5.74, 6) is 0.597. The lowest BCUT2D eigenvalue weighted by molar-refractivity contribution is -0.129. The van der Waals surface area contributed by atoms with Crippen molar-refractivity contribution in [1.82, 2.24) is 9.80 Å². The zero-order chi connectivity index (χ0) is 15.7. The maximum absolute atomic E-state index is 11.8. The number of hydrogen-bond acceptors (Lipinski definition) is 6. The first kappa shape index (κ1) is 15.8. The van der Waals surface area contributed by atoms with Crippen LogP contribution in [0.2, 0.25) is 0 Å². The van der Waals surface area contributed by atoms with Crippen LogP contribution in [0.15, 0.2) is 12.1 Å². The molecule has 3 heterocycles. The number of likely N-dealkylation sites (tertiary alicyclic amines) is 1. The molecule has 0 atom stereocenters. The van der Waals surface area contributed by atoms with Gasteiger partial charge in [-0.1, -0.05) is 0 Å². The summed E-state index contributed by atoms with van der Waals surface area (Å²) in [6.07, 6.45) is 2.02. The van der Waals surface area contributed by atoms with Crippen molar-refractivity contribution in [1.29, 1.82) is 0 Å². The molecule has 1 aromatic heterocycles. The van der Waals surface area contributed by atoms with Crippen molar-refractivity contribution in [3.8, 4) is 0 Å². The Morgan fingerprint density at radius 3 is 2.68 bits per heavy atom. The van der Waals surface area contributed by atoms with E-state index < -0.39 is 0 Å². The number of methoxy groups -OCH3 is 1. The van der Waals surface area contributed by atoms with Crippen LogP contribution < -0.4 is 0 Å². The van der Waals surface area contributed by atoms with E-state index in [0.29, 0.717) is 10.6 Å². The van der Waals surface area contributed by atoms with E-state index in [9.17, 15) is 9.59 Å². The molecule has 5 nitrogen and oxygen atoms in total. The summed E-state index contributed by atoms with van der Waals surface area (Å²) in [4.78, 5) is 29.4. The van der Waals surface area contributed by atoms with Crippen LogP contribution in [0.25, 0.3) is 0 Å².